The van der Waals surface area contributed by atoms with Crippen molar-refractivity contribution < 1.29 is 8.42 Å². The summed E-state index contributed by atoms with van der Waals surface area (Å²) >= 11 is 1.35. The Morgan fingerprint density at radius 1 is 1.24 bits per heavy atom. The number of para-hydroxylation sites is 1. The van der Waals surface area contributed by atoms with Crippen LogP contribution in [0.5, 0.6) is 0 Å². The molecule has 2 aliphatic rings. The minimum atomic E-state index is -3.71. The van der Waals surface area contributed by atoms with Crippen LogP contribution >= 0.6 is 11.3 Å². The van der Waals surface area contributed by atoms with Gasteiger partial charge in [0.15, 0.2) is 11.8 Å². The lowest BCUT2D eigenvalue weighted by atomic mass is 9.97. The smallest absolute Gasteiger partial charge is 0.265 e. The van der Waals surface area contributed by atoms with Crippen LogP contribution < -0.4 is 15.8 Å². The van der Waals surface area contributed by atoms with E-state index in [1.807, 2.05) is 24.3 Å². The molecule has 4 heterocycles. The fourth-order valence-electron chi connectivity index (χ4n) is 3.95. The molecule has 2 unspecified atom stereocenters. The summed E-state index contributed by atoms with van der Waals surface area (Å²) in [7, 11) is -3.71. The molecular weight excluding hydrogens is 410 g/mol. The molecule has 2 aliphatic heterocycles. The summed E-state index contributed by atoms with van der Waals surface area (Å²) in [5.41, 5.74) is 15.0. The van der Waals surface area contributed by atoms with Gasteiger partial charge in [0.2, 0.25) is 0 Å². The summed E-state index contributed by atoms with van der Waals surface area (Å²) in [6.45, 7) is 0.215. The number of fused-ring (bicyclic) bond motifs is 2. The largest absolute Gasteiger partial charge is 0.369 e. The number of sulfonamides is 1. The molecule has 3 aromatic rings. The zero-order chi connectivity index (χ0) is 20.2. The number of nitrogens with two attached hydrogens (primary N) is 2. The molecule has 0 aliphatic carbocycles. The molecule has 2 atom stereocenters. The highest BCUT2D eigenvalue weighted by atomic mass is 32.2. The van der Waals surface area contributed by atoms with Crippen molar-refractivity contribution in [3.05, 3.63) is 58.4 Å². The van der Waals surface area contributed by atoms with Gasteiger partial charge in [0.1, 0.15) is 6.17 Å². The Bertz CT molecular complexity index is 1190. The monoisotopic (exact) mass is 429 g/mol. The van der Waals surface area contributed by atoms with Gasteiger partial charge in [-0.25, -0.2) is 8.42 Å². The van der Waals surface area contributed by atoms with E-state index in [1.54, 1.807) is 27.9 Å². The molecular formula is C18H19N7O2S2. The number of thiophene rings is 1. The van der Waals surface area contributed by atoms with E-state index in [1.165, 1.54) is 15.6 Å². The van der Waals surface area contributed by atoms with Crippen molar-refractivity contribution in [1.29, 1.82) is 0 Å². The average Bonchev–Trinajstić information content (AvgIpc) is 3.39. The minimum Gasteiger partial charge on any atom is -0.369 e. The zero-order valence-electron chi connectivity index (χ0n) is 15.3. The number of nitrogens with zero attached hydrogens (tertiary/aromatic N) is 4. The van der Waals surface area contributed by atoms with Crippen molar-refractivity contribution in [2.24, 2.45) is 16.5 Å². The van der Waals surface area contributed by atoms with Gasteiger partial charge in [-0.2, -0.15) is 21.4 Å². The topological polar surface area (TPSA) is 134 Å². The highest BCUT2D eigenvalue weighted by molar-refractivity contribution is 7.93. The van der Waals surface area contributed by atoms with Crippen LogP contribution in [-0.4, -0.2) is 42.1 Å². The molecule has 0 radical (unpaired) electrons. The van der Waals surface area contributed by atoms with Crippen molar-refractivity contribution in [3.8, 4) is 0 Å². The fraction of sp³-hybridized carbons (Fsp3) is 0.222. The minimum absolute atomic E-state index is 0.215. The van der Waals surface area contributed by atoms with E-state index in [0.717, 1.165) is 11.1 Å². The van der Waals surface area contributed by atoms with Crippen molar-refractivity contribution in [2.45, 2.75) is 23.5 Å². The first-order valence-electron chi connectivity index (χ1n) is 9.01. The number of anilines is 1. The Morgan fingerprint density at radius 3 is 2.86 bits per heavy atom. The number of hydrogen-bond donors (Lipinski definition) is 3. The van der Waals surface area contributed by atoms with Crippen LogP contribution in [0.25, 0.3) is 0 Å². The van der Waals surface area contributed by atoms with Crippen LogP contribution in [0.15, 0.2) is 57.2 Å². The second kappa shape index (κ2) is 6.58. The molecule has 29 heavy (non-hydrogen) atoms. The van der Waals surface area contributed by atoms with E-state index in [9.17, 15) is 8.42 Å². The number of hydrogen-bond acceptors (Lipinski definition) is 8. The van der Waals surface area contributed by atoms with Crippen LogP contribution in [0.2, 0.25) is 0 Å². The summed E-state index contributed by atoms with van der Waals surface area (Å²) in [6, 6.07) is 8.85. The number of aromatic nitrogens is 2. The van der Waals surface area contributed by atoms with Gasteiger partial charge in [0, 0.05) is 5.38 Å². The van der Waals surface area contributed by atoms with Gasteiger partial charge in [0.05, 0.1) is 34.9 Å². The number of benzene rings is 1. The quantitative estimate of drug-likeness (QED) is 0.578. The normalized spacial score (nSPS) is 21.5. The van der Waals surface area contributed by atoms with Gasteiger partial charge in [-0.1, -0.05) is 18.2 Å². The Morgan fingerprint density at radius 2 is 2.07 bits per heavy atom. The average molecular weight is 430 g/mol. The van der Waals surface area contributed by atoms with Gasteiger partial charge >= 0.3 is 0 Å². The highest BCUT2D eigenvalue weighted by Gasteiger charge is 2.40. The third kappa shape index (κ3) is 2.81. The summed E-state index contributed by atoms with van der Waals surface area (Å²) in [4.78, 5) is 6.42. The third-order valence-electron chi connectivity index (χ3n) is 5.33. The molecule has 0 bridgehead atoms. The SMILES string of the molecule is NC1=Nc2[nH]ncc2C(N)N1C1Cc2ccccc2N(S(=O)(=O)c2ccsc2)C1. The number of H-pyrrole nitrogens is 1. The standard InChI is InChI=1S/C18H19N7O2S2/c19-16-14-8-21-23-17(14)22-18(20)25(16)12-7-11-3-1-2-4-15(11)24(9-12)29(26,27)13-5-6-28-10-13/h1-6,8,10,12,16H,7,9,19H2,(H3,20,21,22,23). The van der Waals surface area contributed by atoms with Gasteiger partial charge in [-0.15, -0.1) is 0 Å². The molecule has 0 amide bonds. The maximum atomic E-state index is 13.4. The highest BCUT2D eigenvalue weighted by Crippen LogP contribution is 2.37. The Hall–Kier alpha value is -2.89. The number of aromatic amines is 1. The van der Waals surface area contributed by atoms with Crippen LogP contribution in [0, 0.1) is 0 Å². The molecule has 5 N–H and O–H groups in total. The first-order valence-corrected chi connectivity index (χ1v) is 11.4. The fourth-order valence-corrected chi connectivity index (χ4v) is 6.50. The molecule has 150 valence electrons. The van der Waals surface area contributed by atoms with Crippen molar-refractivity contribution in [3.63, 3.8) is 0 Å². The third-order valence-corrected chi connectivity index (χ3v) is 7.93. The lowest BCUT2D eigenvalue weighted by Gasteiger charge is -2.44. The number of nitrogens with one attached hydrogen (secondary N) is 1. The Balaban J connectivity index is 1.58. The van der Waals surface area contributed by atoms with E-state index < -0.39 is 16.2 Å². The number of guanidine groups is 1. The number of rotatable bonds is 3. The van der Waals surface area contributed by atoms with Crippen LogP contribution in [0.4, 0.5) is 11.5 Å². The zero-order valence-corrected chi connectivity index (χ0v) is 16.9. The van der Waals surface area contributed by atoms with Gasteiger partial charge in [-0.05, 0) is 29.5 Å². The van der Waals surface area contributed by atoms with Crippen LogP contribution in [-0.2, 0) is 16.4 Å². The van der Waals surface area contributed by atoms with E-state index in [4.69, 9.17) is 11.5 Å². The lowest BCUT2D eigenvalue weighted by molar-refractivity contribution is 0.233. The first kappa shape index (κ1) is 18.2. The molecule has 5 rings (SSSR count). The summed E-state index contributed by atoms with van der Waals surface area (Å²) in [6.07, 6.45) is 1.66. The molecule has 11 heteroatoms. The molecule has 0 fully saturated rings. The molecule has 0 spiro atoms. The van der Waals surface area contributed by atoms with E-state index in [0.29, 0.717) is 17.9 Å². The Labute approximate surface area is 171 Å². The van der Waals surface area contributed by atoms with E-state index >= 15 is 0 Å². The molecule has 0 saturated heterocycles. The van der Waals surface area contributed by atoms with Crippen LogP contribution in [0.1, 0.15) is 17.3 Å². The van der Waals surface area contributed by atoms with Gasteiger partial charge < -0.3 is 16.4 Å². The predicted octanol–water partition coefficient (Wildman–Crippen LogP) is 1.51. The number of aliphatic imine (C=N–C) groups is 1. The second-order valence-electron chi connectivity index (χ2n) is 6.98. The lowest BCUT2D eigenvalue weighted by Crippen LogP contribution is -2.57. The second-order valence-corrected chi connectivity index (χ2v) is 9.62. The summed E-state index contributed by atoms with van der Waals surface area (Å²) in [5, 5.41) is 10.2. The molecule has 0 saturated carbocycles. The summed E-state index contributed by atoms with van der Waals surface area (Å²) < 4.78 is 28.2. The maximum Gasteiger partial charge on any atom is 0.265 e. The molecule has 2 aromatic heterocycles. The van der Waals surface area contributed by atoms with Crippen molar-refractivity contribution in [1.82, 2.24) is 15.1 Å². The maximum absolute atomic E-state index is 13.4. The predicted molar refractivity (Wildman–Crippen MR) is 111 cm³/mol. The first-order chi connectivity index (χ1) is 14.0. The molecule has 1 aromatic carbocycles. The van der Waals surface area contributed by atoms with Crippen LogP contribution in [0.3, 0.4) is 0 Å². The van der Waals surface area contributed by atoms with Crippen molar-refractivity contribution >= 4 is 38.8 Å². The van der Waals surface area contributed by atoms with Gasteiger partial charge in [0.25, 0.3) is 10.0 Å². The summed E-state index contributed by atoms with van der Waals surface area (Å²) in [5.74, 6) is 0.775. The van der Waals surface area contributed by atoms with Crippen molar-refractivity contribution in [2.75, 3.05) is 10.8 Å². The van der Waals surface area contributed by atoms with Gasteiger partial charge in [-0.3, -0.25) is 9.40 Å². The molecule has 9 nitrogen and oxygen atoms in total. The van der Waals surface area contributed by atoms with E-state index in [-0.39, 0.29) is 23.4 Å². The Kier molecular flexibility index (Phi) is 4.12. The van der Waals surface area contributed by atoms with E-state index in [2.05, 4.69) is 15.2 Å².